The molecule has 5 heteroatoms. The van der Waals surface area contributed by atoms with Gasteiger partial charge in [-0.1, -0.05) is 20.8 Å². The van der Waals surface area contributed by atoms with Crippen LogP contribution in [0.4, 0.5) is 0 Å². The lowest BCUT2D eigenvalue weighted by atomic mass is 9.94. The number of fused-ring (bicyclic) bond motifs is 1. The Bertz CT molecular complexity index is 600. The molecule has 1 aliphatic rings. The normalized spacial score (nSPS) is 16.1. The maximum atomic E-state index is 5.85. The average Bonchev–Trinajstić information content (AvgIpc) is 2.87. The van der Waals surface area contributed by atoms with Crippen LogP contribution < -0.4 is 0 Å². The molecule has 5 nitrogen and oxygen atoms in total. The summed E-state index contributed by atoms with van der Waals surface area (Å²) in [7, 11) is 0. The van der Waals surface area contributed by atoms with Crippen molar-refractivity contribution in [1.82, 2.24) is 19.9 Å². The van der Waals surface area contributed by atoms with Crippen molar-refractivity contribution in [2.24, 2.45) is 0 Å². The Morgan fingerprint density at radius 1 is 1.25 bits per heavy atom. The van der Waals surface area contributed by atoms with Crippen LogP contribution >= 0.6 is 0 Å². The van der Waals surface area contributed by atoms with E-state index in [1.807, 2.05) is 12.4 Å². The Labute approximate surface area is 119 Å². The predicted molar refractivity (Wildman–Crippen MR) is 75.1 cm³/mol. The van der Waals surface area contributed by atoms with Crippen molar-refractivity contribution < 1.29 is 4.42 Å². The summed E-state index contributed by atoms with van der Waals surface area (Å²) in [5.74, 6) is 1.72. The summed E-state index contributed by atoms with van der Waals surface area (Å²) in [5.41, 5.74) is 2.38. The van der Waals surface area contributed by atoms with E-state index >= 15 is 0 Å². The molecule has 3 heterocycles. The molecule has 0 atom stereocenters. The van der Waals surface area contributed by atoms with Crippen LogP contribution in [0.2, 0.25) is 0 Å². The van der Waals surface area contributed by atoms with E-state index in [0.29, 0.717) is 0 Å². The highest BCUT2D eigenvalue weighted by Crippen LogP contribution is 2.24. The van der Waals surface area contributed by atoms with Gasteiger partial charge in [-0.3, -0.25) is 4.90 Å². The minimum atomic E-state index is 0.00692. The Morgan fingerprint density at radius 3 is 2.85 bits per heavy atom. The molecule has 0 radical (unpaired) electrons. The van der Waals surface area contributed by atoms with Crippen molar-refractivity contribution in [3.8, 4) is 0 Å². The fourth-order valence-corrected chi connectivity index (χ4v) is 2.36. The molecule has 0 fully saturated rings. The van der Waals surface area contributed by atoms with Crippen molar-refractivity contribution in [3.05, 3.63) is 41.6 Å². The maximum absolute atomic E-state index is 5.85. The van der Waals surface area contributed by atoms with E-state index in [1.165, 1.54) is 5.56 Å². The quantitative estimate of drug-likeness (QED) is 0.839. The minimum absolute atomic E-state index is 0.00692. The second-order valence-corrected chi connectivity index (χ2v) is 6.32. The Hall–Kier alpha value is -1.75. The molecule has 2 aromatic heterocycles. The van der Waals surface area contributed by atoms with E-state index in [4.69, 9.17) is 4.42 Å². The van der Waals surface area contributed by atoms with Gasteiger partial charge in [0, 0.05) is 24.7 Å². The van der Waals surface area contributed by atoms with Crippen LogP contribution in [0, 0.1) is 0 Å². The van der Waals surface area contributed by atoms with Crippen molar-refractivity contribution in [3.63, 3.8) is 0 Å². The SMILES string of the molecule is CC(C)(C)c1cnc(CN2CCc3cncnc3C2)o1. The second kappa shape index (κ2) is 4.98. The molecule has 0 N–H and O–H groups in total. The lowest BCUT2D eigenvalue weighted by Crippen LogP contribution is -2.31. The van der Waals surface area contributed by atoms with Crippen molar-refractivity contribution in [2.75, 3.05) is 6.54 Å². The summed E-state index contributed by atoms with van der Waals surface area (Å²) in [6.07, 6.45) is 6.37. The second-order valence-electron chi connectivity index (χ2n) is 6.32. The molecule has 0 amide bonds. The van der Waals surface area contributed by atoms with E-state index in [2.05, 4.69) is 40.6 Å². The first-order valence-electron chi connectivity index (χ1n) is 6.97. The first-order valence-corrected chi connectivity index (χ1v) is 6.97. The number of nitrogens with zero attached hydrogens (tertiary/aromatic N) is 4. The van der Waals surface area contributed by atoms with Crippen LogP contribution in [0.15, 0.2) is 23.1 Å². The van der Waals surface area contributed by atoms with Gasteiger partial charge in [0.15, 0.2) is 0 Å². The number of oxazole rings is 1. The van der Waals surface area contributed by atoms with Crippen molar-refractivity contribution >= 4 is 0 Å². The van der Waals surface area contributed by atoms with Crippen LogP contribution in [0.1, 0.15) is 43.7 Å². The molecular weight excluding hydrogens is 252 g/mol. The molecule has 20 heavy (non-hydrogen) atoms. The summed E-state index contributed by atoms with van der Waals surface area (Å²) < 4.78 is 5.85. The van der Waals surface area contributed by atoms with E-state index in [0.717, 1.165) is 43.4 Å². The van der Waals surface area contributed by atoms with Crippen molar-refractivity contribution in [2.45, 2.75) is 45.7 Å². The zero-order chi connectivity index (χ0) is 14.2. The van der Waals surface area contributed by atoms with Gasteiger partial charge in [0.2, 0.25) is 5.89 Å². The van der Waals surface area contributed by atoms with Gasteiger partial charge in [-0.05, 0) is 12.0 Å². The molecule has 106 valence electrons. The van der Waals surface area contributed by atoms with E-state index in [9.17, 15) is 0 Å². The third-order valence-electron chi connectivity index (χ3n) is 3.60. The summed E-state index contributed by atoms with van der Waals surface area (Å²) in [6.45, 7) is 8.96. The van der Waals surface area contributed by atoms with Gasteiger partial charge >= 0.3 is 0 Å². The average molecular weight is 272 g/mol. The van der Waals surface area contributed by atoms with Gasteiger partial charge in [0.1, 0.15) is 12.1 Å². The fraction of sp³-hybridized carbons (Fsp3) is 0.533. The third kappa shape index (κ3) is 2.72. The molecule has 2 aromatic rings. The Morgan fingerprint density at radius 2 is 2.10 bits per heavy atom. The molecule has 0 bridgehead atoms. The van der Waals surface area contributed by atoms with Crippen LogP contribution in [0.3, 0.4) is 0 Å². The highest BCUT2D eigenvalue weighted by atomic mass is 16.4. The number of aromatic nitrogens is 3. The zero-order valence-corrected chi connectivity index (χ0v) is 12.3. The highest BCUT2D eigenvalue weighted by Gasteiger charge is 2.22. The Balaban J connectivity index is 1.69. The number of rotatable bonds is 2. The monoisotopic (exact) mass is 272 g/mol. The lowest BCUT2D eigenvalue weighted by molar-refractivity contribution is 0.212. The van der Waals surface area contributed by atoms with Gasteiger partial charge < -0.3 is 4.42 Å². The zero-order valence-electron chi connectivity index (χ0n) is 12.3. The molecule has 0 unspecified atom stereocenters. The molecule has 0 saturated heterocycles. The maximum Gasteiger partial charge on any atom is 0.208 e. The molecule has 0 aliphatic carbocycles. The predicted octanol–water partition coefficient (Wildman–Crippen LogP) is 2.32. The topological polar surface area (TPSA) is 55.1 Å². The van der Waals surface area contributed by atoms with Gasteiger partial charge in [-0.2, -0.15) is 0 Å². The van der Waals surface area contributed by atoms with Gasteiger partial charge in [0.05, 0.1) is 18.4 Å². The highest BCUT2D eigenvalue weighted by molar-refractivity contribution is 5.18. The molecule has 0 saturated carbocycles. The minimum Gasteiger partial charge on any atom is -0.444 e. The first-order chi connectivity index (χ1) is 9.52. The standard InChI is InChI=1S/C15H20N4O/c1-15(2,3)13-7-17-14(20-13)9-19-5-4-11-6-16-10-18-12(11)8-19/h6-7,10H,4-5,8-9H2,1-3H3. The van der Waals surface area contributed by atoms with Crippen LogP contribution in [-0.4, -0.2) is 26.4 Å². The molecule has 0 aromatic carbocycles. The first kappa shape index (κ1) is 13.2. The largest absolute Gasteiger partial charge is 0.444 e. The number of hydrogen-bond acceptors (Lipinski definition) is 5. The number of hydrogen-bond donors (Lipinski definition) is 0. The fourth-order valence-electron chi connectivity index (χ4n) is 2.36. The van der Waals surface area contributed by atoms with E-state index in [-0.39, 0.29) is 5.41 Å². The van der Waals surface area contributed by atoms with E-state index < -0.39 is 0 Å². The summed E-state index contributed by atoms with van der Waals surface area (Å²) >= 11 is 0. The van der Waals surface area contributed by atoms with Gasteiger partial charge in [-0.15, -0.1) is 0 Å². The van der Waals surface area contributed by atoms with Crippen LogP contribution in [0.25, 0.3) is 0 Å². The molecule has 0 spiro atoms. The van der Waals surface area contributed by atoms with Crippen molar-refractivity contribution in [1.29, 1.82) is 0 Å². The summed E-state index contributed by atoms with van der Waals surface area (Å²) in [5, 5.41) is 0. The van der Waals surface area contributed by atoms with Crippen LogP contribution in [-0.2, 0) is 24.9 Å². The molecule has 3 rings (SSSR count). The summed E-state index contributed by atoms with van der Waals surface area (Å²) in [6, 6.07) is 0. The van der Waals surface area contributed by atoms with Gasteiger partial charge in [0.25, 0.3) is 0 Å². The molecular formula is C15H20N4O. The molecule has 1 aliphatic heterocycles. The van der Waals surface area contributed by atoms with E-state index in [1.54, 1.807) is 6.33 Å². The summed E-state index contributed by atoms with van der Waals surface area (Å²) in [4.78, 5) is 15.1. The third-order valence-corrected chi connectivity index (χ3v) is 3.60. The Kier molecular flexibility index (Phi) is 3.30. The van der Waals surface area contributed by atoms with Gasteiger partial charge in [-0.25, -0.2) is 15.0 Å². The smallest absolute Gasteiger partial charge is 0.208 e. The van der Waals surface area contributed by atoms with Crippen LogP contribution in [0.5, 0.6) is 0 Å². The lowest BCUT2D eigenvalue weighted by Gasteiger charge is -2.26.